The molecular formula is C51H42IrN4O-2. The summed E-state index contributed by atoms with van der Waals surface area (Å²) in [7, 11) is 0. The molecule has 0 unspecified atom stereocenters. The van der Waals surface area contributed by atoms with E-state index in [1.165, 1.54) is 43.2 Å². The predicted molar refractivity (Wildman–Crippen MR) is 228 cm³/mol. The van der Waals surface area contributed by atoms with Gasteiger partial charge in [0, 0.05) is 48.7 Å². The molecule has 0 bridgehead atoms. The van der Waals surface area contributed by atoms with Crippen molar-refractivity contribution < 1.29 is 24.5 Å². The van der Waals surface area contributed by atoms with Gasteiger partial charge in [-0.1, -0.05) is 131 Å². The summed E-state index contributed by atoms with van der Waals surface area (Å²) >= 11 is 0. The van der Waals surface area contributed by atoms with Crippen molar-refractivity contribution in [1.82, 2.24) is 14.5 Å². The van der Waals surface area contributed by atoms with Gasteiger partial charge in [0.2, 0.25) is 0 Å². The van der Waals surface area contributed by atoms with Crippen LogP contribution < -0.4 is 0 Å². The Morgan fingerprint density at radius 1 is 0.719 bits per heavy atom. The van der Waals surface area contributed by atoms with Crippen LogP contribution >= 0.6 is 0 Å². The number of hydrogen-bond donors (Lipinski definition) is 0. The zero-order chi connectivity index (χ0) is 38.2. The Morgan fingerprint density at radius 2 is 1.44 bits per heavy atom. The van der Waals surface area contributed by atoms with E-state index in [9.17, 15) is 5.26 Å². The van der Waals surface area contributed by atoms with Gasteiger partial charge in [-0.15, -0.1) is 53.6 Å². The fraction of sp³-hybridized carbons (Fsp3) is 0.196. The van der Waals surface area contributed by atoms with Gasteiger partial charge >= 0.3 is 0 Å². The second-order valence-corrected chi connectivity index (χ2v) is 15.8. The number of aromatic nitrogens is 3. The van der Waals surface area contributed by atoms with E-state index in [1.54, 1.807) is 0 Å². The molecule has 283 valence electrons. The molecule has 0 spiro atoms. The molecule has 0 N–H and O–H groups in total. The number of pyridine rings is 2. The van der Waals surface area contributed by atoms with Crippen molar-refractivity contribution in [3.05, 3.63) is 163 Å². The molecule has 0 aliphatic heterocycles. The van der Waals surface area contributed by atoms with Crippen LogP contribution in [-0.2, 0) is 25.5 Å². The molecule has 10 rings (SSSR count). The summed E-state index contributed by atoms with van der Waals surface area (Å²) in [5.41, 5.74) is 11.4. The van der Waals surface area contributed by atoms with Crippen molar-refractivity contribution >= 4 is 43.7 Å². The number of furan rings is 1. The van der Waals surface area contributed by atoms with E-state index in [2.05, 4.69) is 126 Å². The first-order valence-electron chi connectivity index (χ1n) is 19.6. The zero-order valence-corrected chi connectivity index (χ0v) is 34.7. The standard InChI is InChI=1S/C36H26N3O.C15H16N.Ir/c37-22-24-17-18-29-33-25(23-10-2-1-3-11-23)19-20-28(30-14-8-9-21-38-30)35(33)40-36(29)34(24)39-31-15-6-4-12-26(31)27-13-5-7-16-32(27)39;1-15(2,3)13-9-10-14(16-11-13)12-7-5-4-6-8-12;/h4-9,12-19,21,23H,1-3,10-11H2;4-7,9-11H,1-3H3;/q2*-1;. The molecule has 1 aliphatic carbocycles. The Balaban J connectivity index is 0.000000226. The van der Waals surface area contributed by atoms with Crippen LogP contribution in [-0.4, -0.2) is 14.5 Å². The fourth-order valence-electron chi connectivity index (χ4n) is 8.36. The van der Waals surface area contributed by atoms with Crippen LogP contribution in [0.4, 0.5) is 0 Å². The number of rotatable bonds is 4. The van der Waals surface area contributed by atoms with Crippen LogP contribution in [0.25, 0.3) is 71.9 Å². The Labute approximate surface area is 347 Å². The normalized spacial score (nSPS) is 13.3. The molecule has 0 amide bonds. The maximum absolute atomic E-state index is 10.4. The summed E-state index contributed by atoms with van der Waals surface area (Å²) in [5.74, 6) is 0.471. The van der Waals surface area contributed by atoms with Crippen molar-refractivity contribution in [2.45, 2.75) is 64.2 Å². The van der Waals surface area contributed by atoms with Crippen LogP contribution in [0, 0.1) is 23.5 Å². The van der Waals surface area contributed by atoms with Crippen molar-refractivity contribution in [1.29, 1.82) is 5.26 Å². The van der Waals surface area contributed by atoms with Crippen LogP contribution in [0.2, 0.25) is 0 Å². The smallest absolute Gasteiger partial charge is 0.146 e. The molecule has 1 fully saturated rings. The van der Waals surface area contributed by atoms with Crippen LogP contribution in [0.15, 0.2) is 138 Å². The minimum Gasteiger partial charge on any atom is -0.498 e. The van der Waals surface area contributed by atoms with Gasteiger partial charge in [0.05, 0.1) is 22.2 Å². The van der Waals surface area contributed by atoms with E-state index >= 15 is 0 Å². The van der Waals surface area contributed by atoms with Gasteiger partial charge in [-0.2, -0.15) is 5.26 Å². The van der Waals surface area contributed by atoms with E-state index in [1.807, 2.05) is 60.9 Å². The minimum absolute atomic E-state index is 0. The molecule has 0 atom stereocenters. The van der Waals surface area contributed by atoms with E-state index < -0.39 is 0 Å². The van der Waals surface area contributed by atoms with Crippen LogP contribution in [0.1, 0.15) is 75.5 Å². The van der Waals surface area contributed by atoms with Gasteiger partial charge in [0.25, 0.3) is 0 Å². The second-order valence-electron chi connectivity index (χ2n) is 15.8. The summed E-state index contributed by atoms with van der Waals surface area (Å²) in [4.78, 5) is 9.13. The molecule has 0 saturated heterocycles. The first-order valence-corrected chi connectivity index (χ1v) is 19.6. The van der Waals surface area contributed by atoms with Gasteiger partial charge in [-0.05, 0) is 52.5 Å². The summed E-state index contributed by atoms with van der Waals surface area (Å²) < 4.78 is 9.13. The fourth-order valence-corrected chi connectivity index (χ4v) is 8.36. The summed E-state index contributed by atoms with van der Waals surface area (Å²) in [6.45, 7) is 6.58. The Morgan fingerprint density at radius 3 is 2.07 bits per heavy atom. The van der Waals surface area contributed by atoms with Crippen LogP contribution in [0.3, 0.4) is 0 Å². The third-order valence-corrected chi connectivity index (χ3v) is 11.2. The van der Waals surface area contributed by atoms with Crippen molar-refractivity contribution in [3.8, 4) is 34.3 Å². The number of nitriles is 1. The van der Waals surface area contributed by atoms with Gasteiger partial charge in [0.1, 0.15) is 17.3 Å². The molecule has 4 heterocycles. The molecule has 5 aromatic carbocycles. The average molecular weight is 919 g/mol. The first-order chi connectivity index (χ1) is 27.4. The molecule has 6 heteroatoms. The SMILES string of the molecule is CC(C)(C)c1ccc(-c2[c-]cccc2)nc1.N#Cc1ccc2c(oc3c(-c4ccccn4)[c-]cc(C4CCCCC4)c32)c1-n1c2ccccc2c2ccccc21.[Ir]. The molecule has 1 saturated carbocycles. The molecule has 1 aliphatic rings. The first kappa shape index (κ1) is 38.0. The molecule has 9 aromatic rings. The summed E-state index contributed by atoms with van der Waals surface area (Å²) in [6.07, 6.45) is 9.90. The summed E-state index contributed by atoms with van der Waals surface area (Å²) in [6, 6.07) is 50.3. The molecular weight excluding hydrogens is 877 g/mol. The maximum Gasteiger partial charge on any atom is 0.146 e. The topological polar surface area (TPSA) is 67.6 Å². The van der Waals surface area contributed by atoms with Crippen molar-refractivity contribution in [2.24, 2.45) is 0 Å². The third kappa shape index (κ3) is 7.08. The van der Waals surface area contributed by atoms with Crippen molar-refractivity contribution in [2.75, 3.05) is 0 Å². The van der Waals surface area contributed by atoms with Gasteiger partial charge in [-0.25, -0.2) is 0 Å². The van der Waals surface area contributed by atoms with Gasteiger partial charge < -0.3 is 19.0 Å². The quantitative estimate of drug-likeness (QED) is 0.165. The third-order valence-electron chi connectivity index (χ3n) is 11.2. The van der Waals surface area contributed by atoms with Crippen LogP contribution in [0.5, 0.6) is 0 Å². The number of fused-ring (bicyclic) bond motifs is 6. The van der Waals surface area contributed by atoms with E-state index in [0.717, 1.165) is 71.9 Å². The molecule has 4 aromatic heterocycles. The number of hydrogen-bond acceptors (Lipinski definition) is 4. The number of para-hydroxylation sites is 2. The molecule has 1 radical (unpaired) electrons. The molecule has 5 nitrogen and oxygen atoms in total. The molecule has 57 heavy (non-hydrogen) atoms. The minimum atomic E-state index is 0. The zero-order valence-electron chi connectivity index (χ0n) is 32.3. The Kier molecular flexibility index (Phi) is 10.6. The predicted octanol–water partition coefficient (Wildman–Crippen LogP) is 13.3. The number of nitrogens with zero attached hydrogens (tertiary/aromatic N) is 4. The average Bonchev–Trinajstić information content (AvgIpc) is 3.80. The maximum atomic E-state index is 10.4. The second kappa shape index (κ2) is 15.9. The monoisotopic (exact) mass is 919 g/mol. The Hall–Kier alpha value is -5.86. The Bertz CT molecular complexity index is 2820. The van der Waals surface area contributed by atoms with E-state index in [0.29, 0.717) is 11.5 Å². The van der Waals surface area contributed by atoms with Gasteiger partial charge in [-0.3, -0.25) is 0 Å². The largest absolute Gasteiger partial charge is 0.498 e. The number of benzene rings is 5. The van der Waals surface area contributed by atoms with Gasteiger partial charge in [0.15, 0.2) is 0 Å². The van der Waals surface area contributed by atoms with E-state index in [4.69, 9.17) is 4.42 Å². The summed E-state index contributed by atoms with van der Waals surface area (Å²) in [5, 5.41) is 14.8. The van der Waals surface area contributed by atoms with Crippen molar-refractivity contribution in [3.63, 3.8) is 0 Å². The van der Waals surface area contributed by atoms with E-state index in [-0.39, 0.29) is 25.5 Å².